The quantitative estimate of drug-likeness (QED) is 0.853. The number of anilines is 2. The van der Waals surface area contributed by atoms with Crippen LogP contribution in [0.4, 0.5) is 11.6 Å². The number of nitrogens with zero attached hydrogens (tertiary/aromatic N) is 3. The van der Waals surface area contributed by atoms with Gasteiger partial charge in [0.15, 0.2) is 0 Å². The van der Waals surface area contributed by atoms with Gasteiger partial charge in [-0.2, -0.15) is 0 Å². The van der Waals surface area contributed by atoms with Gasteiger partial charge in [0, 0.05) is 18.6 Å². The molecule has 18 heavy (non-hydrogen) atoms. The molecule has 0 saturated carbocycles. The van der Waals surface area contributed by atoms with E-state index in [2.05, 4.69) is 20.3 Å². The molecule has 0 spiro atoms. The highest BCUT2D eigenvalue weighted by Gasteiger charge is 2.16. The Bertz CT molecular complexity index is 557. The van der Waals surface area contributed by atoms with Crippen molar-refractivity contribution >= 4 is 17.6 Å². The summed E-state index contributed by atoms with van der Waals surface area (Å²) < 4.78 is 0. The highest BCUT2D eigenvalue weighted by molar-refractivity contribution is 5.95. The molecule has 2 rings (SSSR count). The minimum atomic E-state index is -1.01. The normalized spacial score (nSPS) is 10.1. The van der Waals surface area contributed by atoms with E-state index in [4.69, 9.17) is 0 Å². The van der Waals surface area contributed by atoms with Crippen LogP contribution in [0.3, 0.4) is 0 Å². The summed E-state index contributed by atoms with van der Waals surface area (Å²) in [5.74, 6) is -0.269. The Balaban J connectivity index is 2.42. The van der Waals surface area contributed by atoms with Crippen LogP contribution >= 0.6 is 0 Å². The van der Waals surface area contributed by atoms with Crippen molar-refractivity contribution in [1.29, 1.82) is 0 Å². The largest absolute Gasteiger partial charge is 0.478 e. The van der Waals surface area contributed by atoms with Gasteiger partial charge < -0.3 is 10.4 Å². The molecule has 0 radical (unpaired) electrons. The molecule has 6 heteroatoms. The third kappa shape index (κ3) is 2.42. The standard InChI is InChI=1S/C12H12N4O2/c1-2-8-3-4-15-11(10(8)12(17)18)16-9-7-13-5-6-14-9/h3-7H,2H2,1H3,(H,17,18)(H,14,15,16). The lowest BCUT2D eigenvalue weighted by Crippen LogP contribution is -2.09. The summed E-state index contributed by atoms with van der Waals surface area (Å²) in [6.45, 7) is 1.90. The maximum atomic E-state index is 11.3. The van der Waals surface area contributed by atoms with Gasteiger partial charge >= 0.3 is 5.97 Å². The summed E-state index contributed by atoms with van der Waals surface area (Å²) in [4.78, 5) is 23.2. The Hall–Kier alpha value is -2.50. The zero-order valence-electron chi connectivity index (χ0n) is 9.79. The fraction of sp³-hybridized carbons (Fsp3) is 0.167. The first-order chi connectivity index (χ1) is 8.72. The van der Waals surface area contributed by atoms with E-state index in [0.29, 0.717) is 12.2 Å². The molecule has 0 fully saturated rings. The number of pyridine rings is 1. The van der Waals surface area contributed by atoms with Gasteiger partial charge in [0.2, 0.25) is 0 Å². The van der Waals surface area contributed by atoms with Crippen LogP contribution in [0.25, 0.3) is 0 Å². The van der Waals surface area contributed by atoms with Crippen molar-refractivity contribution in [3.8, 4) is 0 Å². The number of carboxylic acid groups (broad SMARTS) is 1. The number of carbonyl (C=O) groups is 1. The third-order valence-corrected chi connectivity index (χ3v) is 2.44. The van der Waals surface area contributed by atoms with Gasteiger partial charge in [-0.15, -0.1) is 0 Å². The number of carboxylic acids is 1. The van der Waals surface area contributed by atoms with Crippen molar-refractivity contribution < 1.29 is 9.90 Å². The number of hydrogen-bond acceptors (Lipinski definition) is 5. The molecule has 2 heterocycles. The lowest BCUT2D eigenvalue weighted by Gasteiger charge is -2.10. The maximum absolute atomic E-state index is 11.3. The average molecular weight is 244 g/mol. The summed E-state index contributed by atoms with van der Waals surface area (Å²) in [6.07, 6.45) is 6.76. The highest BCUT2D eigenvalue weighted by atomic mass is 16.4. The first-order valence-electron chi connectivity index (χ1n) is 5.46. The number of aryl methyl sites for hydroxylation is 1. The predicted octanol–water partition coefficient (Wildman–Crippen LogP) is 1.88. The van der Waals surface area contributed by atoms with Gasteiger partial charge in [-0.3, -0.25) is 4.98 Å². The minimum Gasteiger partial charge on any atom is -0.478 e. The van der Waals surface area contributed by atoms with Crippen molar-refractivity contribution in [3.05, 3.63) is 42.0 Å². The van der Waals surface area contributed by atoms with Crippen LogP contribution in [0.5, 0.6) is 0 Å². The molecule has 0 atom stereocenters. The highest BCUT2D eigenvalue weighted by Crippen LogP contribution is 2.20. The molecule has 0 aliphatic carbocycles. The van der Waals surface area contributed by atoms with E-state index < -0.39 is 5.97 Å². The second-order valence-corrected chi connectivity index (χ2v) is 3.57. The van der Waals surface area contributed by atoms with Gasteiger partial charge in [-0.1, -0.05) is 6.92 Å². The molecular weight excluding hydrogens is 232 g/mol. The molecule has 0 aliphatic heterocycles. The summed E-state index contributed by atoms with van der Waals surface area (Å²) in [5, 5.41) is 12.1. The van der Waals surface area contributed by atoms with Crippen LogP contribution in [-0.4, -0.2) is 26.0 Å². The van der Waals surface area contributed by atoms with E-state index in [1.54, 1.807) is 18.5 Å². The van der Waals surface area contributed by atoms with E-state index in [9.17, 15) is 9.90 Å². The molecule has 0 aromatic carbocycles. The number of hydrogen-bond donors (Lipinski definition) is 2. The van der Waals surface area contributed by atoms with Crippen LogP contribution in [0.15, 0.2) is 30.9 Å². The molecule has 2 aromatic heterocycles. The van der Waals surface area contributed by atoms with Crippen molar-refractivity contribution in [2.75, 3.05) is 5.32 Å². The number of nitrogens with one attached hydrogen (secondary N) is 1. The molecule has 92 valence electrons. The smallest absolute Gasteiger partial charge is 0.339 e. The summed E-state index contributed by atoms with van der Waals surface area (Å²) in [7, 11) is 0. The Kier molecular flexibility index (Phi) is 3.47. The molecule has 6 nitrogen and oxygen atoms in total. The average Bonchev–Trinajstić information content (AvgIpc) is 2.39. The zero-order valence-corrected chi connectivity index (χ0v) is 9.79. The van der Waals surface area contributed by atoms with Gasteiger partial charge in [-0.25, -0.2) is 14.8 Å². The second kappa shape index (κ2) is 5.22. The molecule has 0 saturated heterocycles. The van der Waals surface area contributed by atoms with Gasteiger partial charge in [0.1, 0.15) is 17.2 Å². The van der Waals surface area contributed by atoms with E-state index in [1.165, 1.54) is 12.4 Å². The minimum absolute atomic E-state index is 0.172. The van der Waals surface area contributed by atoms with Crippen LogP contribution in [0.1, 0.15) is 22.8 Å². The van der Waals surface area contributed by atoms with E-state index in [-0.39, 0.29) is 11.4 Å². The lowest BCUT2D eigenvalue weighted by atomic mass is 10.1. The lowest BCUT2D eigenvalue weighted by molar-refractivity contribution is 0.0696. The van der Waals surface area contributed by atoms with Crippen molar-refractivity contribution in [3.63, 3.8) is 0 Å². The molecule has 2 aromatic rings. The SMILES string of the molecule is CCc1ccnc(Nc2cnccn2)c1C(=O)O. The van der Waals surface area contributed by atoms with Crippen LogP contribution in [-0.2, 0) is 6.42 Å². The summed E-state index contributed by atoms with van der Waals surface area (Å²) in [6, 6.07) is 1.70. The fourth-order valence-electron chi connectivity index (χ4n) is 1.61. The number of aromatic nitrogens is 3. The predicted molar refractivity (Wildman–Crippen MR) is 65.9 cm³/mol. The van der Waals surface area contributed by atoms with E-state index in [1.807, 2.05) is 6.92 Å². The molecule has 0 aliphatic rings. The molecule has 0 bridgehead atoms. The first kappa shape index (κ1) is 12.0. The second-order valence-electron chi connectivity index (χ2n) is 3.57. The van der Waals surface area contributed by atoms with Crippen molar-refractivity contribution in [1.82, 2.24) is 15.0 Å². The van der Waals surface area contributed by atoms with Crippen molar-refractivity contribution in [2.45, 2.75) is 13.3 Å². The Labute approximate surface area is 104 Å². The molecule has 2 N–H and O–H groups in total. The van der Waals surface area contributed by atoms with Crippen LogP contribution < -0.4 is 5.32 Å². The Morgan fingerprint density at radius 1 is 1.33 bits per heavy atom. The van der Waals surface area contributed by atoms with Gasteiger partial charge in [0.25, 0.3) is 0 Å². The van der Waals surface area contributed by atoms with Gasteiger partial charge in [-0.05, 0) is 18.1 Å². The van der Waals surface area contributed by atoms with Crippen LogP contribution in [0.2, 0.25) is 0 Å². The summed E-state index contributed by atoms with van der Waals surface area (Å²) in [5.41, 5.74) is 0.898. The maximum Gasteiger partial charge on any atom is 0.339 e. The topological polar surface area (TPSA) is 88.0 Å². The van der Waals surface area contributed by atoms with Gasteiger partial charge in [0.05, 0.1) is 6.20 Å². The zero-order chi connectivity index (χ0) is 13.0. The Morgan fingerprint density at radius 3 is 2.78 bits per heavy atom. The molecule has 0 amide bonds. The van der Waals surface area contributed by atoms with E-state index in [0.717, 1.165) is 5.56 Å². The van der Waals surface area contributed by atoms with E-state index >= 15 is 0 Å². The fourth-order valence-corrected chi connectivity index (χ4v) is 1.61. The third-order valence-electron chi connectivity index (χ3n) is 2.44. The molecule has 0 unspecified atom stereocenters. The van der Waals surface area contributed by atoms with Crippen molar-refractivity contribution in [2.24, 2.45) is 0 Å². The Morgan fingerprint density at radius 2 is 2.17 bits per heavy atom. The summed E-state index contributed by atoms with van der Waals surface area (Å²) >= 11 is 0. The number of aromatic carboxylic acids is 1. The van der Waals surface area contributed by atoms with Crippen LogP contribution in [0, 0.1) is 0 Å². The monoisotopic (exact) mass is 244 g/mol. The number of rotatable bonds is 4. The molecular formula is C12H12N4O2. The first-order valence-corrected chi connectivity index (χ1v) is 5.46.